The lowest BCUT2D eigenvalue weighted by Crippen LogP contribution is -2.32. The number of halogens is 1. The molecule has 0 aromatic carbocycles. The zero-order valence-electron chi connectivity index (χ0n) is 10.6. The van der Waals surface area contributed by atoms with Crippen molar-refractivity contribution in [1.82, 2.24) is 9.78 Å². The van der Waals surface area contributed by atoms with Gasteiger partial charge in [0.2, 0.25) is 0 Å². The predicted molar refractivity (Wildman–Crippen MR) is 67.6 cm³/mol. The van der Waals surface area contributed by atoms with Gasteiger partial charge in [0.25, 0.3) is 0 Å². The molecule has 5 nitrogen and oxygen atoms in total. The summed E-state index contributed by atoms with van der Waals surface area (Å²) in [5.41, 5.74) is -0.332. The zero-order chi connectivity index (χ0) is 13.1. The maximum Gasteiger partial charge on any atom is 0.159 e. The molecule has 1 unspecified atom stereocenters. The number of aryl methyl sites for hydroxylation is 1. The van der Waals surface area contributed by atoms with Gasteiger partial charge in [0.05, 0.1) is 16.4 Å². The van der Waals surface area contributed by atoms with Crippen LogP contribution in [0.3, 0.4) is 0 Å². The molecule has 0 saturated carbocycles. The van der Waals surface area contributed by atoms with Crippen molar-refractivity contribution in [2.45, 2.75) is 38.7 Å². The summed E-state index contributed by atoms with van der Waals surface area (Å²) in [6, 6.07) is 0. The van der Waals surface area contributed by atoms with E-state index in [-0.39, 0.29) is 0 Å². The monoisotopic (exact) mass is 306 g/mol. The first-order chi connectivity index (χ1) is 7.96. The lowest BCUT2D eigenvalue weighted by atomic mass is 9.97. The van der Waals surface area contributed by atoms with Gasteiger partial charge in [-0.25, -0.2) is 0 Å². The van der Waals surface area contributed by atoms with Gasteiger partial charge in [-0.2, -0.15) is 5.10 Å². The summed E-state index contributed by atoms with van der Waals surface area (Å²) in [5.74, 6) is 0. The number of aliphatic hydroxyl groups is 1. The van der Waals surface area contributed by atoms with Crippen LogP contribution in [0.2, 0.25) is 0 Å². The van der Waals surface area contributed by atoms with E-state index in [1.165, 1.54) is 0 Å². The average Bonchev–Trinajstić information content (AvgIpc) is 2.68. The minimum absolute atomic E-state index is 0.338. The lowest BCUT2D eigenvalue weighted by Gasteiger charge is -2.28. The Hall–Kier alpha value is -0.430. The SMILES string of the molecule is CCn1ncc(Br)c1C(C)(O)CC(OC)OC. The minimum Gasteiger partial charge on any atom is -0.384 e. The molecule has 0 saturated heterocycles. The van der Waals surface area contributed by atoms with Crippen LogP contribution in [0.5, 0.6) is 0 Å². The summed E-state index contributed by atoms with van der Waals surface area (Å²) in [6.45, 7) is 4.40. The van der Waals surface area contributed by atoms with Gasteiger partial charge < -0.3 is 14.6 Å². The Balaban J connectivity index is 2.98. The molecule has 1 aromatic heterocycles. The Morgan fingerprint density at radius 3 is 2.59 bits per heavy atom. The summed E-state index contributed by atoms with van der Waals surface area (Å²) in [4.78, 5) is 0. The number of ether oxygens (including phenoxy) is 2. The molecule has 0 radical (unpaired) electrons. The lowest BCUT2D eigenvalue weighted by molar-refractivity contribution is -0.143. The second-order valence-corrected chi connectivity index (χ2v) is 4.89. The van der Waals surface area contributed by atoms with Crippen molar-refractivity contribution < 1.29 is 14.6 Å². The molecule has 0 fully saturated rings. The molecule has 0 aliphatic heterocycles. The van der Waals surface area contributed by atoms with Gasteiger partial charge in [0.15, 0.2) is 6.29 Å². The minimum atomic E-state index is -1.07. The standard InChI is InChI=1S/C11H19BrN2O3/c1-5-14-10(8(12)7-13-14)11(2,15)6-9(16-3)17-4/h7,9,15H,5-6H2,1-4H3. The van der Waals surface area contributed by atoms with E-state index in [4.69, 9.17) is 9.47 Å². The van der Waals surface area contributed by atoms with Gasteiger partial charge in [-0.15, -0.1) is 0 Å². The molecule has 0 amide bonds. The molecule has 98 valence electrons. The summed E-state index contributed by atoms with van der Waals surface area (Å²) in [5, 5.41) is 14.7. The van der Waals surface area contributed by atoms with Crippen LogP contribution in [-0.4, -0.2) is 35.4 Å². The fourth-order valence-corrected chi connectivity index (χ4v) is 2.55. The van der Waals surface area contributed by atoms with E-state index in [1.807, 2.05) is 6.92 Å². The summed E-state index contributed by atoms with van der Waals surface area (Å²) >= 11 is 3.40. The first-order valence-electron chi connectivity index (χ1n) is 5.46. The summed E-state index contributed by atoms with van der Waals surface area (Å²) in [6.07, 6.45) is 1.57. The Bertz CT molecular complexity index is 362. The third kappa shape index (κ3) is 3.28. The van der Waals surface area contributed by atoms with Crippen molar-refractivity contribution >= 4 is 15.9 Å². The molecule has 0 aliphatic carbocycles. The number of nitrogens with zero attached hydrogens (tertiary/aromatic N) is 2. The molecule has 0 aliphatic rings. The molecular weight excluding hydrogens is 288 g/mol. The Labute approximate surface area is 110 Å². The highest BCUT2D eigenvalue weighted by Crippen LogP contribution is 2.32. The average molecular weight is 307 g/mol. The van der Waals surface area contributed by atoms with E-state index in [0.29, 0.717) is 13.0 Å². The van der Waals surface area contributed by atoms with Crippen molar-refractivity contribution in [3.63, 3.8) is 0 Å². The Morgan fingerprint density at radius 1 is 1.53 bits per heavy atom. The largest absolute Gasteiger partial charge is 0.384 e. The van der Waals surface area contributed by atoms with Crippen LogP contribution in [0.4, 0.5) is 0 Å². The van der Waals surface area contributed by atoms with Crippen LogP contribution < -0.4 is 0 Å². The first kappa shape index (κ1) is 14.6. The van der Waals surface area contributed by atoms with Crippen molar-refractivity contribution in [1.29, 1.82) is 0 Å². The van der Waals surface area contributed by atoms with Crippen LogP contribution >= 0.6 is 15.9 Å². The van der Waals surface area contributed by atoms with E-state index < -0.39 is 11.9 Å². The molecule has 1 rings (SSSR count). The van der Waals surface area contributed by atoms with Crippen LogP contribution in [0.1, 0.15) is 26.0 Å². The van der Waals surface area contributed by atoms with Gasteiger partial charge in [-0.05, 0) is 29.8 Å². The van der Waals surface area contributed by atoms with Gasteiger partial charge in [-0.3, -0.25) is 4.68 Å². The van der Waals surface area contributed by atoms with E-state index in [9.17, 15) is 5.11 Å². The second kappa shape index (κ2) is 5.95. The van der Waals surface area contributed by atoms with Crippen molar-refractivity contribution in [2.24, 2.45) is 0 Å². The number of rotatable bonds is 6. The number of hydrogen-bond donors (Lipinski definition) is 1. The van der Waals surface area contributed by atoms with Crippen LogP contribution in [0.15, 0.2) is 10.7 Å². The highest BCUT2D eigenvalue weighted by molar-refractivity contribution is 9.10. The smallest absolute Gasteiger partial charge is 0.159 e. The second-order valence-electron chi connectivity index (χ2n) is 4.04. The third-order valence-corrected chi connectivity index (χ3v) is 3.27. The fourth-order valence-electron chi connectivity index (χ4n) is 1.82. The number of hydrogen-bond acceptors (Lipinski definition) is 4. The Morgan fingerprint density at radius 2 is 2.12 bits per heavy atom. The third-order valence-electron chi connectivity index (χ3n) is 2.69. The highest BCUT2D eigenvalue weighted by Gasteiger charge is 2.33. The van der Waals surface area contributed by atoms with Gasteiger partial charge >= 0.3 is 0 Å². The van der Waals surface area contributed by atoms with Crippen molar-refractivity contribution in [2.75, 3.05) is 14.2 Å². The van der Waals surface area contributed by atoms with Crippen LogP contribution in [0.25, 0.3) is 0 Å². The maximum atomic E-state index is 10.5. The predicted octanol–water partition coefficient (Wildman–Crippen LogP) is 1.88. The summed E-state index contributed by atoms with van der Waals surface area (Å²) in [7, 11) is 3.10. The first-order valence-corrected chi connectivity index (χ1v) is 6.25. The van der Waals surface area contributed by atoms with Crippen molar-refractivity contribution in [3.05, 3.63) is 16.4 Å². The fraction of sp³-hybridized carbons (Fsp3) is 0.727. The van der Waals surface area contributed by atoms with E-state index >= 15 is 0 Å². The quantitative estimate of drug-likeness (QED) is 0.815. The molecule has 1 heterocycles. The van der Waals surface area contributed by atoms with Crippen LogP contribution in [0, 0.1) is 0 Å². The molecule has 1 atom stereocenters. The molecule has 17 heavy (non-hydrogen) atoms. The molecule has 0 bridgehead atoms. The molecule has 1 N–H and O–H groups in total. The van der Waals surface area contributed by atoms with Gasteiger partial charge in [0, 0.05) is 27.2 Å². The molecule has 6 heteroatoms. The zero-order valence-corrected chi connectivity index (χ0v) is 12.2. The maximum absolute atomic E-state index is 10.5. The van der Waals surface area contributed by atoms with Gasteiger partial charge in [0.1, 0.15) is 5.60 Å². The number of methoxy groups -OCH3 is 2. The Kier molecular flexibility index (Phi) is 5.12. The van der Waals surface area contributed by atoms with E-state index in [0.717, 1.165) is 10.2 Å². The van der Waals surface area contributed by atoms with E-state index in [2.05, 4.69) is 21.0 Å². The number of aromatic nitrogens is 2. The van der Waals surface area contributed by atoms with Crippen LogP contribution in [-0.2, 0) is 21.6 Å². The summed E-state index contributed by atoms with van der Waals surface area (Å²) < 4.78 is 12.8. The van der Waals surface area contributed by atoms with E-state index in [1.54, 1.807) is 32.0 Å². The molecular formula is C11H19BrN2O3. The topological polar surface area (TPSA) is 56.5 Å². The van der Waals surface area contributed by atoms with Gasteiger partial charge in [-0.1, -0.05) is 0 Å². The van der Waals surface area contributed by atoms with Crippen molar-refractivity contribution in [3.8, 4) is 0 Å². The normalized spacial score (nSPS) is 15.2. The highest BCUT2D eigenvalue weighted by atomic mass is 79.9. The molecule has 0 spiro atoms. The molecule has 1 aromatic rings.